The first-order valence-corrected chi connectivity index (χ1v) is 9.77. The Balaban J connectivity index is 1.58. The van der Waals surface area contributed by atoms with Crippen LogP contribution < -0.4 is 0 Å². The smallest absolute Gasteiger partial charge is 0.180 e. The summed E-state index contributed by atoms with van der Waals surface area (Å²) in [4.78, 5) is 0. The summed E-state index contributed by atoms with van der Waals surface area (Å²) in [6, 6.07) is 0. The molecule has 3 saturated heterocycles. The predicted octanol–water partition coefficient (Wildman–Crippen LogP) is 3.74. The maximum atomic E-state index is 11.7. The van der Waals surface area contributed by atoms with E-state index in [1.54, 1.807) is 0 Å². The Hall–Kier alpha value is -0.120. The van der Waals surface area contributed by atoms with Crippen molar-refractivity contribution >= 4 is 0 Å². The van der Waals surface area contributed by atoms with Gasteiger partial charge in [-0.15, -0.1) is 0 Å². The lowest BCUT2D eigenvalue weighted by molar-refractivity contribution is -0.548. The molecule has 0 aromatic rings. The van der Waals surface area contributed by atoms with Crippen LogP contribution >= 0.6 is 0 Å². The zero-order valence-electron chi connectivity index (χ0n) is 13.5. The Morgan fingerprint density at radius 3 is 2.50 bits per heavy atom. The predicted molar refractivity (Wildman–Crippen MR) is 80.9 cm³/mol. The summed E-state index contributed by atoms with van der Waals surface area (Å²) < 4.78 is 13.6. The Kier molecular flexibility index (Phi) is 2.25. The van der Waals surface area contributed by atoms with E-state index in [0.29, 0.717) is 17.8 Å². The minimum atomic E-state index is -0.868. The molecule has 22 heavy (non-hydrogen) atoms. The number of aliphatic hydroxyl groups is 1. The lowest BCUT2D eigenvalue weighted by Gasteiger charge is -2.75. The average molecular weight is 304 g/mol. The molecule has 122 valence electrons. The maximum Gasteiger partial charge on any atom is 0.180 e. The van der Waals surface area contributed by atoms with Crippen molar-refractivity contribution in [1.82, 2.24) is 0 Å². The standard InChI is InChI=1S/C19H28O3/c20-19-14-7-10-16(19)12-15-6-2-4-9-18(15,22-19)21-17(16)8-3-1-5-13(17)11-14/h13-15,20H,1-12H2/t13?,14?,15?,16?,17-,18-,19+/m0/s1. The molecule has 4 aliphatic carbocycles. The van der Waals surface area contributed by atoms with Gasteiger partial charge in [-0.25, -0.2) is 0 Å². The third-order valence-corrected chi connectivity index (χ3v) is 8.78. The van der Waals surface area contributed by atoms with Crippen LogP contribution in [0.1, 0.15) is 77.0 Å². The van der Waals surface area contributed by atoms with Crippen molar-refractivity contribution < 1.29 is 14.6 Å². The fraction of sp³-hybridized carbons (Fsp3) is 1.00. The van der Waals surface area contributed by atoms with Gasteiger partial charge in [0.2, 0.25) is 0 Å². The van der Waals surface area contributed by atoms with Crippen LogP contribution in [0.4, 0.5) is 0 Å². The molecule has 0 aromatic heterocycles. The summed E-state index contributed by atoms with van der Waals surface area (Å²) in [5.41, 5.74) is -0.142. The zero-order valence-corrected chi connectivity index (χ0v) is 13.5. The minimum Gasteiger partial charge on any atom is -0.365 e. The lowest BCUT2D eigenvalue weighted by Crippen LogP contribution is -2.82. The molecule has 7 aliphatic rings. The monoisotopic (exact) mass is 304 g/mol. The molecule has 0 aromatic carbocycles. The Labute approximate surface area is 132 Å². The number of ether oxygens (including phenoxy) is 2. The molecular weight excluding hydrogens is 276 g/mol. The molecule has 7 fully saturated rings. The molecule has 1 N–H and O–H groups in total. The molecule has 4 saturated carbocycles. The molecule has 4 unspecified atom stereocenters. The fourth-order valence-electron chi connectivity index (χ4n) is 8.04. The SMILES string of the molecule is O[C@]12O[C@@]34CCCCC3CC13CCC2CC1CCCC[C@]13O4. The second-order valence-corrected chi connectivity index (χ2v) is 9.24. The first-order chi connectivity index (χ1) is 10.6. The molecule has 3 spiro atoms. The van der Waals surface area contributed by atoms with Gasteiger partial charge in [0.25, 0.3) is 0 Å². The summed E-state index contributed by atoms with van der Waals surface area (Å²) in [5, 5.41) is 11.7. The third kappa shape index (κ3) is 1.14. The van der Waals surface area contributed by atoms with Gasteiger partial charge >= 0.3 is 0 Å². The van der Waals surface area contributed by atoms with Crippen LogP contribution in [0.2, 0.25) is 0 Å². The normalized spacial score (nSPS) is 65.0. The van der Waals surface area contributed by atoms with Crippen molar-refractivity contribution in [2.75, 3.05) is 0 Å². The van der Waals surface area contributed by atoms with E-state index < -0.39 is 11.6 Å². The summed E-state index contributed by atoms with van der Waals surface area (Å²) in [7, 11) is 0. The van der Waals surface area contributed by atoms with Gasteiger partial charge in [0.05, 0.1) is 11.0 Å². The Morgan fingerprint density at radius 1 is 0.773 bits per heavy atom. The van der Waals surface area contributed by atoms with Crippen molar-refractivity contribution in [2.24, 2.45) is 23.2 Å². The highest BCUT2D eigenvalue weighted by Gasteiger charge is 2.84. The van der Waals surface area contributed by atoms with Crippen molar-refractivity contribution in [3.05, 3.63) is 0 Å². The second-order valence-electron chi connectivity index (χ2n) is 9.24. The van der Waals surface area contributed by atoms with E-state index in [4.69, 9.17) is 9.47 Å². The molecule has 7 rings (SSSR count). The van der Waals surface area contributed by atoms with Gasteiger partial charge in [-0.3, -0.25) is 0 Å². The highest BCUT2D eigenvalue weighted by Crippen LogP contribution is 2.78. The van der Waals surface area contributed by atoms with Crippen LogP contribution in [0.25, 0.3) is 0 Å². The molecule has 3 heterocycles. The maximum absolute atomic E-state index is 11.7. The Morgan fingerprint density at radius 2 is 1.59 bits per heavy atom. The summed E-state index contributed by atoms with van der Waals surface area (Å²) >= 11 is 0. The van der Waals surface area contributed by atoms with Crippen LogP contribution in [0.3, 0.4) is 0 Å². The van der Waals surface area contributed by atoms with Crippen molar-refractivity contribution in [3.63, 3.8) is 0 Å². The second kappa shape index (κ2) is 3.75. The van der Waals surface area contributed by atoms with Gasteiger partial charge in [0.15, 0.2) is 11.6 Å². The first-order valence-electron chi connectivity index (χ1n) is 9.77. The highest BCUT2D eigenvalue weighted by atomic mass is 16.8. The Bertz CT molecular complexity index is 535. The van der Waals surface area contributed by atoms with E-state index in [2.05, 4.69) is 0 Å². The molecule has 3 aliphatic heterocycles. The molecular formula is C19H28O3. The van der Waals surface area contributed by atoms with E-state index in [0.717, 1.165) is 25.7 Å². The topological polar surface area (TPSA) is 38.7 Å². The van der Waals surface area contributed by atoms with Gasteiger partial charge < -0.3 is 14.6 Å². The summed E-state index contributed by atoms with van der Waals surface area (Å²) in [6.07, 6.45) is 14.5. The average Bonchev–Trinajstić information content (AvgIpc) is 2.70. The van der Waals surface area contributed by atoms with Crippen LogP contribution in [0, 0.1) is 23.2 Å². The van der Waals surface area contributed by atoms with Crippen LogP contribution in [0.15, 0.2) is 0 Å². The first kappa shape index (κ1) is 13.2. The lowest BCUT2D eigenvalue weighted by atomic mass is 9.46. The molecule has 3 heteroatoms. The molecule has 0 amide bonds. The number of rotatable bonds is 0. The van der Waals surface area contributed by atoms with E-state index in [9.17, 15) is 5.11 Å². The summed E-state index contributed by atoms with van der Waals surface area (Å²) in [6.45, 7) is 0. The molecule has 3 nitrogen and oxygen atoms in total. The van der Waals surface area contributed by atoms with E-state index in [1.807, 2.05) is 0 Å². The van der Waals surface area contributed by atoms with E-state index >= 15 is 0 Å². The van der Waals surface area contributed by atoms with Gasteiger partial charge in [-0.2, -0.15) is 0 Å². The van der Waals surface area contributed by atoms with Crippen molar-refractivity contribution in [1.29, 1.82) is 0 Å². The fourth-order valence-corrected chi connectivity index (χ4v) is 8.04. The van der Waals surface area contributed by atoms with Crippen LogP contribution in [-0.2, 0) is 9.47 Å². The molecule has 5 bridgehead atoms. The molecule has 7 atom stereocenters. The highest BCUT2D eigenvalue weighted by molar-refractivity contribution is 5.27. The third-order valence-electron chi connectivity index (χ3n) is 8.78. The number of hydrogen-bond acceptors (Lipinski definition) is 3. The van der Waals surface area contributed by atoms with Crippen LogP contribution in [0.5, 0.6) is 0 Å². The van der Waals surface area contributed by atoms with E-state index in [-0.39, 0.29) is 11.0 Å². The minimum absolute atomic E-state index is 0.0565. The largest absolute Gasteiger partial charge is 0.365 e. The van der Waals surface area contributed by atoms with E-state index in [1.165, 1.54) is 51.4 Å². The van der Waals surface area contributed by atoms with Gasteiger partial charge in [0.1, 0.15) is 0 Å². The van der Waals surface area contributed by atoms with Crippen LogP contribution in [-0.4, -0.2) is 22.3 Å². The zero-order chi connectivity index (χ0) is 14.6. The van der Waals surface area contributed by atoms with Crippen molar-refractivity contribution in [3.8, 4) is 0 Å². The summed E-state index contributed by atoms with van der Waals surface area (Å²) in [5.74, 6) is 0.275. The van der Waals surface area contributed by atoms with Crippen molar-refractivity contribution in [2.45, 2.75) is 94.2 Å². The molecule has 0 radical (unpaired) electrons. The van der Waals surface area contributed by atoms with Gasteiger partial charge in [-0.05, 0) is 57.3 Å². The van der Waals surface area contributed by atoms with Gasteiger partial charge in [0, 0.05) is 18.3 Å². The van der Waals surface area contributed by atoms with Gasteiger partial charge in [-0.1, -0.05) is 19.3 Å². The quantitative estimate of drug-likeness (QED) is 0.741. The number of hydrogen-bond donors (Lipinski definition) is 1.